The minimum Gasteiger partial charge on any atom is -0.654 e. The van der Waals surface area contributed by atoms with Gasteiger partial charge < -0.3 is 26.0 Å². The molecule has 0 amide bonds. The third kappa shape index (κ3) is 9.12. The van der Waals surface area contributed by atoms with E-state index in [1.807, 2.05) is 115 Å². The molecule has 0 aliphatic heterocycles. The van der Waals surface area contributed by atoms with Crippen LogP contribution in [0.1, 0.15) is 33.6 Å². The van der Waals surface area contributed by atoms with Crippen LogP contribution in [-0.4, -0.2) is 16.4 Å². The van der Waals surface area contributed by atoms with E-state index < -0.39 is 0 Å². The first-order valence-electron chi connectivity index (χ1n) is 14.0. The number of rotatable bonds is 8. The Kier molecular flexibility index (Phi) is 11.8. The molecule has 2 heterocycles. The third-order valence-corrected chi connectivity index (χ3v) is 6.39. The number of hydrogen-bond donors (Lipinski definition) is 0. The summed E-state index contributed by atoms with van der Waals surface area (Å²) < 4.78 is 0. The van der Waals surface area contributed by atoms with Crippen LogP contribution < -0.4 is 4.98 Å². The fraction of sp³-hybridized carbons (Fsp3) is 0.0541. The van der Waals surface area contributed by atoms with Crippen molar-refractivity contribution in [1.82, 2.24) is 9.97 Å². The minimum atomic E-state index is 0. The van der Waals surface area contributed by atoms with Crippen LogP contribution >= 0.6 is 0 Å². The van der Waals surface area contributed by atoms with Gasteiger partial charge in [-0.2, -0.15) is 0 Å². The van der Waals surface area contributed by atoms with Crippen LogP contribution in [0.15, 0.2) is 162 Å². The summed E-state index contributed by atoms with van der Waals surface area (Å²) >= 11 is 0. The van der Waals surface area contributed by atoms with Gasteiger partial charge in [-0.3, -0.25) is 4.98 Å². The van der Waals surface area contributed by atoms with Gasteiger partial charge in [-0.05, 0) is 37.1 Å². The van der Waals surface area contributed by atoms with E-state index in [-0.39, 0.29) is 16.5 Å². The number of pyridine rings is 1. The van der Waals surface area contributed by atoms with Crippen molar-refractivity contribution >= 4 is 22.8 Å². The summed E-state index contributed by atoms with van der Waals surface area (Å²) in [6.07, 6.45) is 3.50. The summed E-state index contributed by atoms with van der Waals surface area (Å²) in [5.41, 5.74) is 17.6. The predicted molar refractivity (Wildman–Crippen MR) is 177 cm³/mol. The van der Waals surface area contributed by atoms with Crippen molar-refractivity contribution in [3.63, 3.8) is 0 Å². The summed E-state index contributed by atoms with van der Waals surface area (Å²) in [5, 5.41) is 9.26. The van der Waals surface area contributed by atoms with Crippen molar-refractivity contribution in [1.29, 1.82) is 0 Å². The number of hydrogen-bond acceptors (Lipinski definition) is 3. The van der Waals surface area contributed by atoms with Gasteiger partial charge in [0.2, 0.25) is 0 Å². The smallest absolute Gasteiger partial charge is 0.654 e. The van der Waals surface area contributed by atoms with E-state index in [4.69, 9.17) is 4.98 Å². The van der Waals surface area contributed by atoms with Gasteiger partial charge in [-0.25, -0.2) is 0 Å². The van der Waals surface area contributed by atoms with E-state index in [9.17, 15) is 0 Å². The predicted octanol–water partition coefficient (Wildman–Crippen LogP) is 9.26. The van der Waals surface area contributed by atoms with Crippen LogP contribution in [-0.2, 0) is 16.5 Å². The average Bonchev–Trinajstić information content (AvgIpc) is 3.55. The molecule has 0 saturated heterocycles. The van der Waals surface area contributed by atoms with Gasteiger partial charge in [0.25, 0.3) is 0 Å². The van der Waals surface area contributed by atoms with E-state index in [2.05, 4.69) is 64.2 Å². The summed E-state index contributed by atoms with van der Waals surface area (Å²) in [6.45, 7) is 4.13. The fourth-order valence-electron chi connectivity index (χ4n) is 4.08. The molecule has 4 aromatic carbocycles. The largest absolute Gasteiger partial charge is 3.00 e. The molecule has 7 heteroatoms. The van der Waals surface area contributed by atoms with E-state index in [0.29, 0.717) is 11.4 Å². The average molecular weight is 618 g/mol. The molecule has 0 N–H and O–H groups in total. The monoisotopic (exact) mass is 617 g/mol. The van der Waals surface area contributed by atoms with Crippen LogP contribution in [0.2, 0.25) is 0 Å². The van der Waals surface area contributed by atoms with Gasteiger partial charge >= 0.3 is 16.5 Å². The molecule has 219 valence electrons. The van der Waals surface area contributed by atoms with Gasteiger partial charge in [0, 0.05) is 23.8 Å². The Bertz CT molecular complexity index is 1600. The molecule has 6 rings (SSSR count). The van der Waals surface area contributed by atoms with Crippen LogP contribution in [0.3, 0.4) is 0 Å². The molecule has 44 heavy (non-hydrogen) atoms. The maximum atomic E-state index is 4.95. The van der Waals surface area contributed by atoms with Gasteiger partial charge in [-0.15, -0.1) is 22.8 Å². The molecular formula is C37H31N6Ni. The Morgan fingerprint density at radius 3 is 1.23 bits per heavy atom. The normalized spacial score (nSPS) is 11.0. The van der Waals surface area contributed by atoms with Crippen molar-refractivity contribution < 1.29 is 16.5 Å². The zero-order chi connectivity index (χ0) is 29.7. The van der Waals surface area contributed by atoms with Crippen molar-refractivity contribution in [3.05, 3.63) is 196 Å². The number of aryl methyl sites for hydroxylation is 2. The zero-order valence-electron chi connectivity index (χ0n) is 24.4. The van der Waals surface area contributed by atoms with Crippen molar-refractivity contribution in [2.75, 3.05) is 0 Å². The van der Waals surface area contributed by atoms with Crippen molar-refractivity contribution in [3.8, 4) is 0 Å². The first kappa shape index (κ1) is 31.7. The summed E-state index contributed by atoms with van der Waals surface area (Å²) in [4.78, 5) is 8.74. The molecular weight excluding hydrogens is 587 g/mol. The Morgan fingerprint density at radius 1 is 0.500 bits per heavy atom. The standard InChI is InChI=1S/C32H26N5.C5H5N.Ni/c1-23-13-17-25(18-14-23)31(36-34-27-9-5-3-6-10-27)29-21-22-30(33-29)32(26-19-15-24(2)16-20-26)37-35-28-11-7-4-8-12-28;1-2-4-6-5-3-1;/h3-22H,1-2H3;1-5H;/q-3;;+3/b36-31-,37-32-;;. The summed E-state index contributed by atoms with van der Waals surface area (Å²) in [7, 11) is 0. The minimum absolute atomic E-state index is 0. The van der Waals surface area contributed by atoms with Gasteiger partial charge in [0.1, 0.15) is 0 Å². The summed E-state index contributed by atoms with van der Waals surface area (Å²) in [5.74, 6) is 0. The Balaban J connectivity index is 0.000000565. The number of nitrogens with zero attached hydrogens (tertiary/aromatic N) is 6. The first-order chi connectivity index (χ1) is 21.2. The molecule has 0 atom stereocenters. The first-order valence-corrected chi connectivity index (χ1v) is 14.0. The molecule has 1 radical (unpaired) electrons. The SMILES string of the molecule is Cc1ccc(/C(=N/[N-]c2ccccc2)c2ccc(/C(=N\[N-]c3ccccc3)c3ccc(C)cc3)[n-]2)cc1.[Ni+3].c1ccncc1. The maximum Gasteiger partial charge on any atom is 3.00 e. The quantitative estimate of drug-likeness (QED) is 0.0969. The molecule has 0 unspecified atom stereocenters. The van der Waals surface area contributed by atoms with E-state index in [1.54, 1.807) is 12.4 Å². The van der Waals surface area contributed by atoms with Gasteiger partial charge in [-0.1, -0.05) is 139 Å². The van der Waals surface area contributed by atoms with E-state index >= 15 is 0 Å². The number of aromatic nitrogens is 2. The molecule has 6 aromatic rings. The van der Waals surface area contributed by atoms with Crippen molar-refractivity contribution in [2.45, 2.75) is 13.8 Å². The second-order valence-corrected chi connectivity index (χ2v) is 9.74. The van der Waals surface area contributed by atoms with E-state index in [1.165, 1.54) is 11.1 Å². The van der Waals surface area contributed by atoms with Crippen LogP contribution in [0.4, 0.5) is 11.4 Å². The van der Waals surface area contributed by atoms with Crippen LogP contribution in [0, 0.1) is 13.8 Å². The molecule has 0 bridgehead atoms. The van der Waals surface area contributed by atoms with Crippen molar-refractivity contribution in [2.24, 2.45) is 10.2 Å². The van der Waals surface area contributed by atoms with Gasteiger partial charge in [0.15, 0.2) is 0 Å². The topological polar surface area (TPSA) is 79.9 Å². The Morgan fingerprint density at radius 2 is 0.886 bits per heavy atom. The number of benzene rings is 4. The molecule has 2 aromatic heterocycles. The zero-order valence-corrected chi connectivity index (χ0v) is 25.4. The maximum absolute atomic E-state index is 4.95. The molecule has 6 nitrogen and oxygen atoms in total. The fourth-order valence-corrected chi connectivity index (χ4v) is 4.08. The molecule has 0 saturated carbocycles. The second kappa shape index (κ2) is 16.4. The second-order valence-electron chi connectivity index (χ2n) is 9.74. The summed E-state index contributed by atoms with van der Waals surface area (Å²) in [6, 6.07) is 45.5. The van der Waals surface area contributed by atoms with E-state index in [0.717, 1.165) is 33.9 Å². The van der Waals surface area contributed by atoms with Gasteiger partial charge in [0.05, 0.1) is 0 Å². The molecule has 0 spiro atoms. The van der Waals surface area contributed by atoms with Crippen LogP contribution in [0.5, 0.6) is 0 Å². The Hall–Kier alpha value is -5.26. The molecule has 0 aliphatic carbocycles. The molecule has 0 fully saturated rings. The van der Waals surface area contributed by atoms with Crippen LogP contribution in [0.25, 0.3) is 10.9 Å². The Labute approximate surface area is 268 Å². The third-order valence-electron chi connectivity index (χ3n) is 6.39. The molecule has 0 aliphatic rings.